The van der Waals surface area contributed by atoms with Gasteiger partial charge in [-0.2, -0.15) is 0 Å². The van der Waals surface area contributed by atoms with Gasteiger partial charge in [0.2, 0.25) is 0 Å². The van der Waals surface area contributed by atoms with Crippen LogP contribution in [-0.4, -0.2) is 25.1 Å². The van der Waals surface area contributed by atoms with E-state index in [0.29, 0.717) is 27.8 Å². The van der Waals surface area contributed by atoms with Crippen LogP contribution in [0.5, 0.6) is 5.75 Å². The summed E-state index contributed by atoms with van der Waals surface area (Å²) < 4.78 is 11.2. The summed E-state index contributed by atoms with van der Waals surface area (Å²) in [5, 5.41) is 6.42. The second-order valence-electron chi connectivity index (χ2n) is 7.27. The Morgan fingerprint density at radius 3 is 2.82 bits per heavy atom. The normalized spacial score (nSPS) is 16.8. The SMILES string of the molecule is Cc1cc(C2CCCNC2)oc(=O)c1C(=O)Nc1cccc(Cl)c1OC(C)C. The molecule has 1 unspecified atom stereocenters. The third kappa shape index (κ3) is 4.56. The number of nitrogens with one attached hydrogen (secondary N) is 2. The maximum Gasteiger partial charge on any atom is 0.349 e. The van der Waals surface area contributed by atoms with E-state index in [1.807, 2.05) is 13.8 Å². The van der Waals surface area contributed by atoms with Gasteiger partial charge >= 0.3 is 5.63 Å². The van der Waals surface area contributed by atoms with Gasteiger partial charge in [0, 0.05) is 12.5 Å². The molecule has 1 aliphatic heterocycles. The molecule has 28 heavy (non-hydrogen) atoms. The van der Waals surface area contributed by atoms with Gasteiger partial charge in [0.15, 0.2) is 5.75 Å². The summed E-state index contributed by atoms with van der Waals surface area (Å²) in [6.45, 7) is 7.22. The average Bonchev–Trinajstić information content (AvgIpc) is 2.64. The lowest BCUT2D eigenvalue weighted by atomic mass is 9.95. The lowest BCUT2D eigenvalue weighted by Gasteiger charge is -2.22. The number of anilines is 1. The quantitative estimate of drug-likeness (QED) is 0.783. The second-order valence-corrected chi connectivity index (χ2v) is 7.68. The lowest BCUT2D eigenvalue weighted by molar-refractivity contribution is 0.102. The zero-order valence-electron chi connectivity index (χ0n) is 16.3. The van der Waals surface area contributed by atoms with Crippen LogP contribution in [0.4, 0.5) is 5.69 Å². The summed E-state index contributed by atoms with van der Waals surface area (Å²) >= 11 is 6.21. The summed E-state index contributed by atoms with van der Waals surface area (Å²) in [6, 6.07) is 6.86. The molecule has 1 aromatic carbocycles. The number of carbonyl (C=O) groups excluding carboxylic acids is 1. The fraction of sp³-hybridized carbons (Fsp3) is 0.429. The van der Waals surface area contributed by atoms with Crippen molar-refractivity contribution in [3.8, 4) is 5.75 Å². The molecule has 7 heteroatoms. The van der Waals surface area contributed by atoms with Gasteiger partial charge in [-0.1, -0.05) is 17.7 Å². The van der Waals surface area contributed by atoms with Gasteiger partial charge in [0.1, 0.15) is 11.3 Å². The molecular formula is C21H25ClN2O4. The van der Waals surface area contributed by atoms with Crippen LogP contribution >= 0.6 is 11.6 Å². The smallest absolute Gasteiger partial charge is 0.349 e. The topological polar surface area (TPSA) is 80.6 Å². The number of amides is 1. The number of para-hydroxylation sites is 1. The molecule has 6 nitrogen and oxygen atoms in total. The van der Waals surface area contributed by atoms with Gasteiger partial charge in [0.25, 0.3) is 5.91 Å². The van der Waals surface area contributed by atoms with E-state index in [-0.39, 0.29) is 17.6 Å². The average molecular weight is 405 g/mol. The summed E-state index contributed by atoms with van der Waals surface area (Å²) in [7, 11) is 0. The third-order valence-corrected chi connectivity index (χ3v) is 4.96. The van der Waals surface area contributed by atoms with Crippen molar-refractivity contribution in [3.63, 3.8) is 0 Å². The molecule has 0 spiro atoms. The molecule has 0 aliphatic carbocycles. The Labute approximate surface area is 169 Å². The van der Waals surface area contributed by atoms with Crippen LogP contribution in [0.3, 0.4) is 0 Å². The molecule has 1 atom stereocenters. The van der Waals surface area contributed by atoms with Crippen LogP contribution in [0.2, 0.25) is 5.02 Å². The number of piperidine rings is 1. The Morgan fingerprint density at radius 2 is 2.18 bits per heavy atom. The lowest BCUT2D eigenvalue weighted by Crippen LogP contribution is -2.30. The first-order valence-electron chi connectivity index (χ1n) is 9.48. The van der Waals surface area contributed by atoms with Crippen LogP contribution in [0.15, 0.2) is 33.5 Å². The van der Waals surface area contributed by atoms with E-state index in [9.17, 15) is 9.59 Å². The van der Waals surface area contributed by atoms with Crippen molar-refractivity contribution in [2.45, 2.75) is 45.6 Å². The van der Waals surface area contributed by atoms with E-state index in [0.717, 1.165) is 25.9 Å². The third-order valence-electron chi connectivity index (χ3n) is 4.66. The van der Waals surface area contributed by atoms with Crippen LogP contribution in [0, 0.1) is 6.92 Å². The van der Waals surface area contributed by atoms with E-state index in [1.54, 1.807) is 31.2 Å². The van der Waals surface area contributed by atoms with Crippen molar-refractivity contribution in [1.82, 2.24) is 5.32 Å². The summed E-state index contributed by atoms with van der Waals surface area (Å²) in [5.41, 5.74) is 0.350. The molecule has 0 bridgehead atoms. The highest BCUT2D eigenvalue weighted by Gasteiger charge is 2.23. The molecule has 2 heterocycles. The van der Waals surface area contributed by atoms with Gasteiger partial charge < -0.3 is 19.8 Å². The number of benzene rings is 1. The van der Waals surface area contributed by atoms with Crippen molar-refractivity contribution in [1.29, 1.82) is 0 Å². The van der Waals surface area contributed by atoms with Crippen molar-refractivity contribution in [2.75, 3.05) is 18.4 Å². The predicted octanol–water partition coefficient (Wildman–Crippen LogP) is 4.11. The second kappa shape index (κ2) is 8.80. The number of rotatable bonds is 5. The first-order chi connectivity index (χ1) is 13.4. The molecule has 3 rings (SSSR count). The highest BCUT2D eigenvalue weighted by Crippen LogP contribution is 2.34. The van der Waals surface area contributed by atoms with E-state index in [2.05, 4.69) is 10.6 Å². The fourth-order valence-corrected chi connectivity index (χ4v) is 3.57. The van der Waals surface area contributed by atoms with Gasteiger partial charge in [-0.25, -0.2) is 4.79 Å². The molecule has 2 aromatic rings. The number of aryl methyl sites for hydroxylation is 1. The minimum atomic E-state index is -0.633. The van der Waals surface area contributed by atoms with E-state index in [4.69, 9.17) is 20.8 Å². The molecule has 0 saturated carbocycles. The van der Waals surface area contributed by atoms with E-state index >= 15 is 0 Å². The highest BCUT2D eigenvalue weighted by atomic mass is 35.5. The van der Waals surface area contributed by atoms with Crippen LogP contribution < -0.4 is 21.0 Å². The minimum absolute atomic E-state index is 0.0111. The zero-order chi connectivity index (χ0) is 20.3. The number of hydrogen-bond acceptors (Lipinski definition) is 5. The Bertz CT molecular complexity index is 917. The highest BCUT2D eigenvalue weighted by molar-refractivity contribution is 6.32. The molecule has 1 fully saturated rings. The first kappa shape index (κ1) is 20.4. The fourth-order valence-electron chi connectivity index (χ4n) is 3.35. The molecule has 0 radical (unpaired) electrons. The van der Waals surface area contributed by atoms with Crippen molar-refractivity contribution < 1.29 is 13.9 Å². The Morgan fingerprint density at radius 1 is 1.39 bits per heavy atom. The first-order valence-corrected chi connectivity index (χ1v) is 9.86. The van der Waals surface area contributed by atoms with Crippen molar-refractivity contribution in [2.24, 2.45) is 0 Å². The maximum absolute atomic E-state index is 12.8. The number of hydrogen-bond donors (Lipinski definition) is 2. The number of ether oxygens (including phenoxy) is 1. The van der Waals surface area contributed by atoms with Crippen molar-refractivity contribution in [3.05, 3.63) is 56.6 Å². The Balaban J connectivity index is 1.87. The van der Waals surface area contributed by atoms with E-state index in [1.165, 1.54) is 0 Å². The monoisotopic (exact) mass is 404 g/mol. The number of halogens is 1. The van der Waals surface area contributed by atoms with Gasteiger partial charge in [-0.3, -0.25) is 4.79 Å². The summed E-state index contributed by atoms with van der Waals surface area (Å²) in [5.74, 6) is 0.601. The number of carbonyl (C=O) groups is 1. The minimum Gasteiger partial charge on any atom is -0.487 e. The molecule has 1 saturated heterocycles. The molecule has 1 aliphatic rings. The summed E-state index contributed by atoms with van der Waals surface area (Å²) in [4.78, 5) is 25.4. The van der Waals surface area contributed by atoms with Crippen LogP contribution in [0.25, 0.3) is 0 Å². The predicted molar refractivity (Wildman–Crippen MR) is 110 cm³/mol. The molecule has 2 N–H and O–H groups in total. The standard InChI is InChI=1S/C21H25ClN2O4/c1-12(2)27-19-15(22)7-4-8-16(19)24-20(25)18-13(3)10-17(28-21(18)26)14-6-5-9-23-11-14/h4,7-8,10,12,14,23H,5-6,9,11H2,1-3H3,(H,24,25). The molecular weight excluding hydrogens is 380 g/mol. The maximum atomic E-state index is 12.8. The van der Waals surface area contributed by atoms with Gasteiger partial charge in [-0.05, 0) is 63.9 Å². The molecule has 1 aromatic heterocycles. The molecule has 150 valence electrons. The van der Waals surface area contributed by atoms with E-state index < -0.39 is 11.5 Å². The van der Waals surface area contributed by atoms with Gasteiger partial charge in [-0.15, -0.1) is 0 Å². The Kier molecular flexibility index (Phi) is 6.42. The van der Waals surface area contributed by atoms with Crippen LogP contribution in [0.1, 0.15) is 54.3 Å². The van der Waals surface area contributed by atoms with Crippen molar-refractivity contribution >= 4 is 23.2 Å². The van der Waals surface area contributed by atoms with Crippen LogP contribution in [-0.2, 0) is 0 Å². The summed E-state index contributed by atoms with van der Waals surface area (Å²) in [6.07, 6.45) is 1.87. The largest absolute Gasteiger partial charge is 0.487 e. The Hall–Kier alpha value is -2.31. The van der Waals surface area contributed by atoms with Gasteiger partial charge in [0.05, 0.1) is 16.8 Å². The zero-order valence-corrected chi connectivity index (χ0v) is 17.1. The molecule has 1 amide bonds.